The number of hydrogen-bond acceptors (Lipinski definition) is 2. The van der Waals surface area contributed by atoms with Crippen molar-refractivity contribution in [2.45, 2.75) is 39.2 Å². The largest absolute Gasteiger partial charge is 0.322 e. The van der Waals surface area contributed by atoms with E-state index in [0.29, 0.717) is 5.92 Å². The van der Waals surface area contributed by atoms with Crippen molar-refractivity contribution >= 4 is 10.9 Å². The van der Waals surface area contributed by atoms with Crippen LogP contribution in [0.3, 0.4) is 0 Å². The van der Waals surface area contributed by atoms with Crippen LogP contribution in [-0.2, 0) is 5.54 Å². The van der Waals surface area contributed by atoms with E-state index in [9.17, 15) is 0 Å². The first kappa shape index (κ1) is 12.1. The molecule has 1 aromatic carbocycles. The van der Waals surface area contributed by atoms with E-state index in [-0.39, 0.29) is 5.54 Å². The van der Waals surface area contributed by atoms with Crippen LogP contribution in [0.25, 0.3) is 10.9 Å². The van der Waals surface area contributed by atoms with Gasteiger partial charge in [0.25, 0.3) is 0 Å². The number of aromatic nitrogens is 1. The Morgan fingerprint density at radius 1 is 1.12 bits per heavy atom. The van der Waals surface area contributed by atoms with Gasteiger partial charge in [0.15, 0.2) is 0 Å². The smallest absolute Gasteiger partial charge is 0.0708 e. The maximum absolute atomic E-state index is 6.12. The van der Waals surface area contributed by atoms with E-state index in [1.807, 2.05) is 13.8 Å². The molecule has 2 aromatic rings. The van der Waals surface area contributed by atoms with E-state index < -0.39 is 0 Å². The summed E-state index contributed by atoms with van der Waals surface area (Å²) >= 11 is 0. The van der Waals surface area contributed by atoms with Crippen molar-refractivity contribution in [1.82, 2.24) is 4.98 Å². The number of fused-ring (bicyclic) bond motifs is 1. The third-order valence-electron chi connectivity index (χ3n) is 3.05. The molecule has 2 N–H and O–H groups in total. The molecule has 1 heterocycles. The van der Waals surface area contributed by atoms with Gasteiger partial charge in [0.05, 0.1) is 5.52 Å². The van der Waals surface area contributed by atoms with Crippen LogP contribution in [0, 0.1) is 0 Å². The summed E-state index contributed by atoms with van der Waals surface area (Å²) in [5.41, 5.74) is 9.09. The second-order valence-electron chi connectivity index (χ2n) is 5.52. The molecule has 0 saturated heterocycles. The summed E-state index contributed by atoms with van der Waals surface area (Å²) in [7, 11) is 0. The lowest BCUT2D eigenvalue weighted by molar-refractivity contribution is 0.555. The summed E-state index contributed by atoms with van der Waals surface area (Å²) < 4.78 is 0. The van der Waals surface area contributed by atoms with Gasteiger partial charge in [0.1, 0.15) is 0 Å². The van der Waals surface area contributed by atoms with Crippen molar-refractivity contribution in [2.24, 2.45) is 5.73 Å². The number of hydrogen-bond donors (Lipinski definition) is 1. The Morgan fingerprint density at radius 2 is 1.76 bits per heavy atom. The predicted octanol–water partition coefficient (Wildman–Crippen LogP) is 3.55. The van der Waals surface area contributed by atoms with Gasteiger partial charge >= 0.3 is 0 Å². The number of benzene rings is 1. The van der Waals surface area contributed by atoms with Crippen LogP contribution in [-0.4, -0.2) is 4.98 Å². The van der Waals surface area contributed by atoms with Crippen LogP contribution in [0.4, 0.5) is 0 Å². The molecule has 0 radical (unpaired) electrons. The fraction of sp³-hybridized carbons (Fsp3) is 0.400. The lowest BCUT2D eigenvalue weighted by atomic mass is 9.94. The molecule has 0 amide bonds. The highest BCUT2D eigenvalue weighted by atomic mass is 14.7. The molecular weight excluding hydrogens is 208 g/mol. The molecule has 2 nitrogen and oxygen atoms in total. The molecule has 2 heteroatoms. The second kappa shape index (κ2) is 4.11. The standard InChI is InChI=1S/C15H20N2/c1-10(2)13-8-6-11-5-7-12(15(3,4)16)9-14(11)17-13/h5-10H,16H2,1-4H3. The first-order valence-corrected chi connectivity index (χ1v) is 6.08. The molecular formula is C15H20N2. The lowest BCUT2D eigenvalue weighted by Crippen LogP contribution is -2.28. The van der Waals surface area contributed by atoms with E-state index in [4.69, 9.17) is 10.7 Å². The third kappa shape index (κ3) is 2.47. The Kier molecular flexibility index (Phi) is 2.92. The molecule has 90 valence electrons. The SMILES string of the molecule is CC(C)c1ccc2ccc(C(C)(C)N)cc2n1. The molecule has 17 heavy (non-hydrogen) atoms. The van der Waals surface area contributed by atoms with E-state index in [2.05, 4.69) is 44.2 Å². The topological polar surface area (TPSA) is 38.9 Å². The minimum atomic E-state index is -0.316. The van der Waals surface area contributed by atoms with E-state index >= 15 is 0 Å². The van der Waals surface area contributed by atoms with E-state index in [1.165, 1.54) is 5.39 Å². The first-order valence-electron chi connectivity index (χ1n) is 6.08. The number of rotatable bonds is 2. The van der Waals surface area contributed by atoms with Gasteiger partial charge < -0.3 is 5.73 Å². The predicted molar refractivity (Wildman–Crippen MR) is 73.0 cm³/mol. The Morgan fingerprint density at radius 3 is 2.35 bits per heavy atom. The monoisotopic (exact) mass is 228 g/mol. The van der Waals surface area contributed by atoms with Crippen molar-refractivity contribution in [3.8, 4) is 0 Å². The second-order valence-corrected chi connectivity index (χ2v) is 5.52. The molecule has 1 aromatic heterocycles. The Balaban J connectivity index is 2.59. The van der Waals surface area contributed by atoms with Crippen LogP contribution in [0.1, 0.15) is 44.9 Å². The Bertz CT molecular complexity index is 536. The van der Waals surface area contributed by atoms with Gasteiger partial charge in [-0.1, -0.05) is 32.0 Å². The zero-order valence-electron chi connectivity index (χ0n) is 11.0. The summed E-state index contributed by atoms with van der Waals surface area (Å²) in [6.45, 7) is 8.34. The van der Waals surface area contributed by atoms with Crippen LogP contribution >= 0.6 is 0 Å². The van der Waals surface area contributed by atoms with Crippen molar-refractivity contribution in [2.75, 3.05) is 0 Å². The highest BCUT2D eigenvalue weighted by molar-refractivity contribution is 5.79. The molecule has 2 rings (SSSR count). The highest BCUT2D eigenvalue weighted by Crippen LogP contribution is 2.23. The Hall–Kier alpha value is -1.41. The number of nitrogens with two attached hydrogens (primary N) is 1. The molecule has 0 aliphatic carbocycles. The zero-order chi connectivity index (χ0) is 12.6. The lowest BCUT2D eigenvalue weighted by Gasteiger charge is -2.19. The third-order valence-corrected chi connectivity index (χ3v) is 3.05. The van der Waals surface area contributed by atoms with Gasteiger partial charge in [-0.3, -0.25) is 4.98 Å². The van der Waals surface area contributed by atoms with Crippen LogP contribution in [0.5, 0.6) is 0 Å². The summed E-state index contributed by atoms with van der Waals surface area (Å²) in [6, 6.07) is 10.5. The van der Waals surface area contributed by atoms with E-state index in [0.717, 1.165) is 16.8 Å². The quantitative estimate of drug-likeness (QED) is 0.853. The van der Waals surface area contributed by atoms with Crippen LogP contribution in [0.15, 0.2) is 30.3 Å². The highest BCUT2D eigenvalue weighted by Gasteiger charge is 2.14. The molecule has 0 atom stereocenters. The van der Waals surface area contributed by atoms with Crippen molar-refractivity contribution in [3.63, 3.8) is 0 Å². The summed E-state index contributed by atoms with van der Waals surface area (Å²) in [4.78, 5) is 4.69. The van der Waals surface area contributed by atoms with Gasteiger partial charge in [-0.15, -0.1) is 0 Å². The van der Waals surface area contributed by atoms with Crippen LogP contribution < -0.4 is 5.73 Å². The van der Waals surface area contributed by atoms with Gasteiger partial charge in [0, 0.05) is 16.6 Å². The fourth-order valence-electron chi connectivity index (χ4n) is 1.86. The molecule has 0 saturated carbocycles. The van der Waals surface area contributed by atoms with Gasteiger partial charge in [-0.05, 0) is 37.5 Å². The summed E-state index contributed by atoms with van der Waals surface area (Å²) in [5.74, 6) is 0.453. The minimum absolute atomic E-state index is 0.316. The van der Waals surface area contributed by atoms with Crippen LogP contribution in [0.2, 0.25) is 0 Å². The van der Waals surface area contributed by atoms with Gasteiger partial charge in [-0.25, -0.2) is 0 Å². The van der Waals surface area contributed by atoms with Crippen molar-refractivity contribution in [3.05, 3.63) is 41.6 Å². The minimum Gasteiger partial charge on any atom is -0.322 e. The number of nitrogens with zero attached hydrogens (tertiary/aromatic N) is 1. The fourth-order valence-corrected chi connectivity index (χ4v) is 1.86. The molecule has 0 unspecified atom stereocenters. The molecule has 0 aliphatic rings. The summed E-state index contributed by atoms with van der Waals surface area (Å²) in [6.07, 6.45) is 0. The molecule has 0 bridgehead atoms. The summed E-state index contributed by atoms with van der Waals surface area (Å²) in [5, 5.41) is 1.17. The molecule has 0 aliphatic heterocycles. The average molecular weight is 228 g/mol. The maximum atomic E-state index is 6.12. The number of pyridine rings is 1. The Labute approximate surface area is 103 Å². The van der Waals surface area contributed by atoms with Gasteiger partial charge in [-0.2, -0.15) is 0 Å². The average Bonchev–Trinajstić information content (AvgIpc) is 2.26. The maximum Gasteiger partial charge on any atom is 0.0708 e. The van der Waals surface area contributed by atoms with Crippen molar-refractivity contribution in [1.29, 1.82) is 0 Å². The molecule has 0 fully saturated rings. The van der Waals surface area contributed by atoms with Crippen molar-refractivity contribution < 1.29 is 0 Å². The van der Waals surface area contributed by atoms with E-state index in [1.54, 1.807) is 0 Å². The first-order chi connectivity index (χ1) is 7.88. The zero-order valence-corrected chi connectivity index (χ0v) is 11.0. The normalized spacial score (nSPS) is 12.4. The van der Waals surface area contributed by atoms with Gasteiger partial charge in [0.2, 0.25) is 0 Å². The molecule has 0 spiro atoms.